The van der Waals surface area contributed by atoms with Crippen molar-refractivity contribution in [1.29, 1.82) is 0 Å². The summed E-state index contributed by atoms with van der Waals surface area (Å²) >= 11 is 0. The summed E-state index contributed by atoms with van der Waals surface area (Å²) in [6.07, 6.45) is 5.91. The summed E-state index contributed by atoms with van der Waals surface area (Å²) in [5.74, 6) is 1.56. The number of carbonyl (C=O) groups is 1. The van der Waals surface area contributed by atoms with E-state index < -0.39 is 5.41 Å². The number of halogens is 1. The Morgan fingerprint density at radius 1 is 1.19 bits per heavy atom. The molecule has 1 aromatic carbocycles. The van der Waals surface area contributed by atoms with Gasteiger partial charge < -0.3 is 10.2 Å². The first-order chi connectivity index (χ1) is 13.1. The number of pyridine rings is 1. The van der Waals surface area contributed by atoms with Crippen LogP contribution in [0.4, 0.5) is 10.2 Å². The van der Waals surface area contributed by atoms with E-state index in [1.807, 2.05) is 18.3 Å². The summed E-state index contributed by atoms with van der Waals surface area (Å²) in [6, 6.07) is 10.4. The molecular formula is C22H26FN3O. The van der Waals surface area contributed by atoms with E-state index in [-0.39, 0.29) is 11.7 Å². The van der Waals surface area contributed by atoms with E-state index >= 15 is 0 Å². The first kappa shape index (κ1) is 18.0. The van der Waals surface area contributed by atoms with Gasteiger partial charge in [0.05, 0.1) is 5.41 Å². The molecule has 0 atom stereocenters. The highest BCUT2D eigenvalue weighted by molar-refractivity contribution is 5.91. The van der Waals surface area contributed by atoms with Crippen LogP contribution in [-0.4, -0.2) is 24.0 Å². The molecule has 2 fully saturated rings. The average molecular weight is 367 g/mol. The number of hydrogen-bond acceptors (Lipinski definition) is 3. The van der Waals surface area contributed by atoms with E-state index in [4.69, 9.17) is 0 Å². The zero-order chi connectivity index (χ0) is 18.9. The van der Waals surface area contributed by atoms with Crippen molar-refractivity contribution in [1.82, 2.24) is 10.3 Å². The van der Waals surface area contributed by atoms with Gasteiger partial charge in [-0.05, 0) is 60.9 Å². The smallest absolute Gasteiger partial charge is 0.230 e. The van der Waals surface area contributed by atoms with Crippen LogP contribution >= 0.6 is 0 Å². The summed E-state index contributed by atoms with van der Waals surface area (Å²) in [4.78, 5) is 19.6. The summed E-state index contributed by atoms with van der Waals surface area (Å²) in [6.45, 7) is 4.89. The van der Waals surface area contributed by atoms with Crippen molar-refractivity contribution in [3.8, 4) is 0 Å². The lowest BCUT2D eigenvalue weighted by atomic mass is 9.95. The van der Waals surface area contributed by atoms with Gasteiger partial charge >= 0.3 is 0 Å². The molecule has 27 heavy (non-hydrogen) atoms. The number of benzene rings is 1. The SMILES string of the molecule is CC1CCN(c2ccc(CNC(=O)C3(c4ccc(F)cc4)CC3)cn2)CC1. The number of amides is 1. The highest BCUT2D eigenvalue weighted by Gasteiger charge is 2.51. The Morgan fingerprint density at radius 2 is 1.89 bits per heavy atom. The van der Waals surface area contributed by atoms with E-state index in [1.165, 1.54) is 25.0 Å². The Labute approximate surface area is 159 Å². The molecule has 5 heteroatoms. The molecule has 0 spiro atoms. The molecule has 4 nitrogen and oxygen atoms in total. The van der Waals surface area contributed by atoms with Crippen LogP contribution < -0.4 is 10.2 Å². The number of nitrogens with one attached hydrogen (secondary N) is 1. The van der Waals surface area contributed by atoms with Crippen LogP contribution in [-0.2, 0) is 16.8 Å². The number of rotatable bonds is 5. The van der Waals surface area contributed by atoms with Gasteiger partial charge in [-0.2, -0.15) is 0 Å². The molecular weight excluding hydrogens is 341 g/mol. The van der Waals surface area contributed by atoms with Gasteiger partial charge in [0, 0.05) is 25.8 Å². The van der Waals surface area contributed by atoms with Gasteiger partial charge in [0.2, 0.25) is 5.91 Å². The Bertz CT molecular complexity index is 791. The van der Waals surface area contributed by atoms with Crippen molar-refractivity contribution in [2.24, 2.45) is 5.92 Å². The lowest BCUT2D eigenvalue weighted by Crippen LogP contribution is -2.34. The minimum absolute atomic E-state index is 0.0169. The molecule has 4 rings (SSSR count). The molecule has 0 bridgehead atoms. The van der Waals surface area contributed by atoms with E-state index in [0.29, 0.717) is 6.54 Å². The van der Waals surface area contributed by atoms with Crippen molar-refractivity contribution in [3.05, 3.63) is 59.5 Å². The van der Waals surface area contributed by atoms with Gasteiger partial charge in [0.25, 0.3) is 0 Å². The number of nitrogens with zero attached hydrogens (tertiary/aromatic N) is 2. The number of anilines is 1. The second kappa shape index (κ2) is 7.29. The second-order valence-corrected chi connectivity index (χ2v) is 7.97. The maximum absolute atomic E-state index is 13.1. The Kier molecular flexibility index (Phi) is 4.85. The largest absolute Gasteiger partial charge is 0.357 e. The lowest BCUT2D eigenvalue weighted by molar-refractivity contribution is -0.123. The van der Waals surface area contributed by atoms with Crippen molar-refractivity contribution in [2.75, 3.05) is 18.0 Å². The second-order valence-electron chi connectivity index (χ2n) is 7.97. The predicted octanol–water partition coefficient (Wildman–Crippen LogP) is 3.81. The molecule has 2 aliphatic rings. The third-order valence-corrected chi connectivity index (χ3v) is 5.95. The van der Waals surface area contributed by atoms with E-state index in [0.717, 1.165) is 48.8 Å². The molecule has 2 aromatic rings. The van der Waals surface area contributed by atoms with Gasteiger partial charge in [-0.15, -0.1) is 0 Å². The fourth-order valence-electron chi connectivity index (χ4n) is 3.84. The minimum Gasteiger partial charge on any atom is -0.357 e. The van der Waals surface area contributed by atoms with Crippen molar-refractivity contribution in [3.63, 3.8) is 0 Å². The first-order valence-electron chi connectivity index (χ1n) is 9.81. The molecule has 142 valence electrons. The van der Waals surface area contributed by atoms with Crippen LogP contribution in [0.2, 0.25) is 0 Å². The topological polar surface area (TPSA) is 45.2 Å². The standard InChI is InChI=1S/C22H26FN3O/c1-16-8-12-26(13-9-16)20-7-2-17(14-24-20)15-25-21(27)22(10-11-22)18-3-5-19(23)6-4-18/h2-7,14,16H,8-13,15H2,1H3,(H,25,27). The predicted molar refractivity (Wildman–Crippen MR) is 104 cm³/mol. The summed E-state index contributed by atoms with van der Waals surface area (Å²) < 4.78 is 13.1. The number of hydrogen-bond donors (Lipinski definition) is 1. The Balaban J connectivity index is 1.35. The van der Waals surface area contributed by atoms with Crippen LogP contribution in [0, 0.1) is 11.7 Å². The molecule has 2 heterocycles. The fraction of sp³-hybridized carbons (Fsp3) is 0.455. The molecule has 1 saturated heterocycles. The molecule has 0 radical (unpaired) electrons. The quantitative estimate of drug-likeness (QED) is 0.874. The highest BCUT2D eigenvalue weighted by Crippen LogP contribution is 2.48. The van der Waals surface area contributed by atoms with E-state index in [2.05, 4.69) is 22.1 Å². The maximum Gasteiger partial charge on any atom is 0.230 e. The Hall–Kier alpha value is -2.43. The molecule has 1 N–H and O–H groups in total. The van der Waals surface area contributed by atoms with Crippen LogP contribution in [0.25, 0.3) is 0 Å². The van der Waals surface area contributed by atoms with Gasteiger partial charge in [0.1, 0.15) is 11.6 Å². The fourth-order valence-corrected chi connectivity index (χ4v) is 3.84. The molecule has 1 aliphatic heterocycles. The van der Waals surface area contributed by atoms with Crippen molar-refractivity contribution >= 4 is 11.7 Å². The molecule has 1 aliphatic carbocycles. The molecule has 1 amide bonds. The highest BCUT2D eigenvalue weighted by atomic mass is 19.1. The average Bonchev–Trinajstić information content (AvgIpc) is 3.50. The lowest BCUT2D eigenvalue weighted by Gasteiger charge is -2.31. The van der Waals surface area contributed by atoms with Gasteiger partial charge in [0.15, 0.2) is 0 Å². The third kappa shape index (κ3) is 3.82. The molecule has 1 aromatic heterocycles. The van der Waals surface area contributed by atoms with Crippen LogP contribution in [0.5, 0.6) is 0 Å². The minimum atomic E-state index is -0.481. The summed E-state index contributed by atoms with van der Waals surface area (Å²) in [5, 5.41) is 3.03. The molecule has 0 unspecified atom stereocenters. The normalized spacial score (nSPS) is 19.0. The monoisotopic (exact) mass is 367 g/mol. The Morgan fingerprint density at radius 3 is 2.48 bits per heavy atom. The van der Waals surface area contributed by atoms with Gasteiger partial charge in [-0.3, -0.25) is 4.79 Å². The van der Waals surface area contributed by atoms with Gasteiger partial charge in [-0.1, -0.05) is 25.1 Å². The number of carbonyl (C=O) groups excluding carboxylic acids is 1. The van der Waals surface area contributed by atoms with Crippen LogP contribution in [0.3, 0.4) is 0 Å². The first-order valence-corrected chi connectivity index (χ1v) is 9.81. The number of aromatic nitrogens is 1. The molecule has 1 saturated carbocycles. The third-order valence-electron chi connectivity index (χ3n) is 5.95. The van der Waals surface area contributed by atoms with Gasteiger partial charge in [-0.25, -0.2) is 9.37 Å². The van der Waals surface area contributed by atoms with E-state index in [1.54, 1.807) is 12.1 Å². The van der Waals surface area contributed by atoms with Crippen molar-refractivity contribution in [2.45, 2.75) is 44.6 Å². The van der Waals surface area contributed by atoms with Crippen molar-refractivity contribution < 1.29 is 9.18 Å². The summed E-state index contributed by atoms with van der Waals surface area (Å²) in [7, 11) is 0. The summed E-state index contributed by atoms with van der Waals surface area (Å²) in [5.41, 5.74) is 1.41. The number of piperidine rings is 1. The zero-order valence-electron chi connectivity index (χ0n) is 15.7. The van der Waals surface area contributed by atoms with Crippen LogP contribution in [0.1, 0.15) is 43.7 Å². The maximum atomic E-state index is 13.1. The van der Waals surface area contributed by atoms with E-state index in [9.17, 15) is 9.18 Å². The zero-order valence-corrected chi connectivity index (χ0v) is 15.7. The van der Waals surface area contributed by atoms with Crippen LogP contribution in [0.15, 0.2) is 42.6 Å².